The van der Waals surface area contributed by atoms with Crippen molar-refractivity contribution in [2.45, 2.75) is 19.3 Å². The fraction of sp³-hybridized carbons (Fsp3) is 0.500. The van der Waals surface area contributed by atoms with Crippen LogP contribution in [0, 0.1) is 5.92 Å². The van der Waals surface area contributed by atoms with Gasteiger partial charge in [-0.15, -0.1) is 0 Å². The zero-order chi connectivity index (χ0) is 12.4. The van der Waals surface area contributed by atoms with Crippen LogP contribution < -0.4 is 0 Å². The van der Waals surface area contributed by atoms with Gasteiger partial charge in [-0.25, -0.2) is 4.79 Å². The van der Waals surface area contributed by atoms with E-state index in [9.17, 15) is 4.79 Å². The van der Waals surface area contributed by atoms with E-state index >= 15 is 0 Å². The molecule has 0 bridgehead atoms. The van der Waals surface area contributed by atoms with Crippen molar-refractivity contribution in [2.24, 2.45) is 5.92 Å². The number of carboxylic acids is 1. The first-order valence-electron chi connectivity index (χ1n) is 6.09. The summed E-state index contributed by atoms with van der Waals surface area (Å²) in [6, 6.07) is 7.34. The number of hydrogen-bond donors (Lipinski definition) is 1. The summed E-state index contributed by atoms with van der Waals surface area (Å²) < 4.78 is 0. The Labute approximate surface area is 102 Å². The Morgan fingerprint density at radius 2 is 2.29 bits per heavy atom. The Balaban J connectivity index is 2.16. The van der Waals surface area contributed by atoms with Gasteiger partial charge in [0.2, 0.25) is 0 Å². The molecule has 2 atom stereocenters. The van der Waals surface area contributed by atoms with E-state index in [0.29, 0.717) is 17.4 Å². The molecule has 1 aliphatic rings. The lowest BCUT2D eigenvalue weighted by Gasteiger charge is -2.19. The smallest absolute Gasteiger partial charge is 0.335 e. The molecule has 1 saturated heterocycles. The molecule has 2 rings (SSSR count). The first kappa shape index (κ1) is 12.1. The molecule has 1 aliphatic heterocycles. The normalized spacial score (nSPS) is 22.6. The van der Waals surface area contributed by atoms with Gasteiger partial charge in [0.15, 0.2) is 0 Å². The van der Waals surface area contributed by atoms with Crippen molar-refractivity contribution in [3.8, 4) is 0 Å². The Morgan fingerprint density at radius 3 is 2.88 bits per heavy atom. The summed E-state index contributed by atoms with van der Waals surface area (Å²) in [6.07, 6.45) is 1.20. The summed E-state index contributed by atoms with van der Waals surface area (Å²) in [5.74, 6) is 0.228. The standard InChI is InChI=1S/C14H19NO2/c1-10(13-6-7-15(2)9-13)11-4-3-5-12(8-11)14(16)17/h3-5,8,10,13H,6-7,9H2,1-2H3,(H,16,17). The Bertz CT molecular complexity index is 416. The molecule has 1 N–H and O–H groups in total. The van der Waals surface area contributed by atoms with Crippen LogP contribution in [0.3, 0.4) is 0 Å². The van der Waals surface area contributed by atoms with E-state index in [1.54, 1.807) is 6.07 Å². The molecule has 1 fully saturated rings. The molecular weight excluding hydrogens is 214 g/mol. The van der Waals surface area contributed by atoms with Crippen molar-refractivity contribution in [1.29, 1.82) is 0 Å². The third-order valence-corrected chi connectivity index (χ3v) is 3.79. The Hall–Kier alpha value is -1.35. The van der Waals surface area contributed by atoms with Gasteiger partial charge in [0.05, 0.1) is 5.56 Å². The minimum Gasteiger partial charge on any atom is -0.478 e. The monoisotopic (exact) mass is 233 g/mol. The van der Waals surface area contributed by atoms with E-state index in [4.69, 9.17) is 5.11 Å². The van der Waals surface area contributed by atoms with Gasteiger partial charge in [-0.2, -0.15) is 0 Å². The molecule has 1 heterocycles. The minimum absolute atomic E-state index is 0.390. The van der Waals surface area contributed by atoms with Gasteiger partial charge in [0.25, 0.3) is 0 Å². The number of hydrogen-bond acceptors (Lipinski definition) is 2. The number of nitrogens with zero attached hydrogens (tertiary/aromatic N) is 1. The maximum absolute atomic E-state index is 10.9. The fourth-order valence-corrected chi connectivity index (χ4v) is 2.60. The first-order chi connectivity index (χ1) is 8.08. The molecular formula is C14H19NO2. The molecule has 0 saturated carbocycles. The molecule has 2 unspecified atom stereocenters. The highest BCUT2D eigenvalue weighted by Crippen LogP contribution is 2.31. The van der Waals surface area contributed by atoms with Crippen LogP contribution in [0.2, 0.25) is 0 Å². The average molecular weight is 233 g/mol. The van der Waals surface area contributed by atoms with Crippen LogP contribution in [0.4, 0.5) is 0 Å². The van der Waals surface area contributed by atoms with Crippen molar-refractivity contribution >= 4 is 5.97 Å². The Morgan fingerprint density at radius 1 is 1.53 bits per heavy atom. The predicted octanol–water partition coefficient (Wildman–Crippen LogP) is 2.44. The van der Waals surface area contributed by atoms with Gasteiger partial charge in [0.1, 0.15) is 0 Å². The first-order valence-corrected chi connectivity index (χ1v) is 6.09. The lowest BCUT2D eigenvalue weighted by molar-refractivity contribution is 0.0696. The molecule has 1 aromatic rings. The van der Waals surface area contributed by atoms with Crippen LogP contribution in [-0.2, 0) is 0 Å². The van der Waals surface area contributed by atoms with Crippen LogP contribution in [-0.4, -0.2) is 36.1 Å². The van der Waals surface area contributed by atoms with Crippen molar-refractivity contribution in [3.63, 3.8) is 0 Å². The van der Waals surface area contributed by atoms with Gasteiger partial charge in [-0.1, -0.05) is 19.1 Å². The fourth-order valence-electron chi connectivity index (χ4n) is 2.60. The summed E-state index contributed by atoms with van der Waals surface area (Å²) in [7, 11) is 2.14. The second-order valence-corrected chi connectivity index (χ2v) is 5.03. The molecule has 3 heteroatoms. The molecule has 92 valence electrons. The van der Waals surface area contributed by atoms with Crippen LogP contribution in [0.5, 0.6) is 0 Å². The van der Waals surface area contributed by atoms with E-state index in [-0.39, 0.29) is 0 Å². The predicted molar refractivity (Wildman–Crippen MR) is 67.4 cm³/mol. The minimum atomic E-state index is -0.845. The highest BCUT2D eigenvalue weighted by molar-refractivity contribution is 5.87. The lowest BCUT2D eigenvalue weighted by Crippen LogP contribution is -2.17. The maximum atomic E-state index is 10.9. The van der Waals surface area contributed by atoms with E-state index < -0.39 is 5.97 Å². The molecule has 0 radical (unpaired) electrons. The van der Waals surface area contributed by atoms with Crippen LogP contribution in [0.25, 0.3) is 0 Å². The van der Waals surface area contributed by atoms with Gasteiger partial charge >= 0.3 is 5.97 Å². The molecule has 1 aromatic carbocycles. The topological polar surface area (TPSA) is 40.5 Å². The second kappa shape index (κ2) is 4.88. The molecule has 0 aromatic heterocycles. The highest BCUT2D eigenvalue weighted by atomic mass is 16.4. The average Bonchev–Trinajstić information content (AvgIpc) is 2.75. The van der Waals surface area contributed by atoms with E-state index in [2.05, 4.69) is 18.9 Å². The van der Waals surface area contributed by atoms with Gasteiger partial charge in [0, 0.05) is 6.54 Å². The summed E-state index contributed by atoms with van der Waals surface area (Å²) >= 11 is 0. The molecule has 17 heavy (non-hydrogen) atoms. The zero-order valence-electron chi connectivity index (χ0n) is 10.4. The number of likely N-dealkylation sites (tertiary alicyclic amines) is 1. The molecule has 3 nitrogen and oxygen atoms in total. The van der Waals surface area contributed by atoms with E-state index in [1.165, 1.54) is 6.42 Å². The van der Waals surface area contributed by atoms with Crippen molar-refractivity contribution in [1.82, 2.24) is 4.90 Å². The Kier molecular flexibility index (Phi) is 3.48. The van der Waals surface area contributed by atoms with Crippen LogP contribution in [0.1, 0.15) is 35.2 Å². The maximum Gasteiger partial charge on any atom is 0.335 e. The molecule has 0 aliphatic carbocycles. The largest absolute Gasteiger partial charge is 0.478 e. The van der Waals surface area contributed by atoms with Gasteiger partial charge in [-0.3, -0.25) is 0 Å². The number of benzene rings is 1. The van der Waals surface area contributed by atoms with Crippen molar-refractivity contribution in [2.75, 3.05) is 20.1 Å². The zero-order valence-corrected chi connectivity index (χ0v) is 10.4. The van der Waals surface area contributed by atoms with Crippen LogP contribution in [0.15, 0.2) is 24.3 Å². The number of carboxylic acid groups (broad SMARTS) is 1. The number of aromatic carboxylic acids is 1. The van der Waals surface area contributed by atoms with Gasteiger partial charge in [-0.05, 0) is 49.5 Å². The third kappa shape index (κ3) is 2.67. The van der Waals surface area contributed by atoms with Crippen molar-refractivity contribution in [3.05, 3.63) is 35.4 Å². The van der Waals surface area contributed by atoms with Crippen molar-refractivity contribution < 1.29 is 9.90 Å². The lowest BCUT2D eigenvalue weighted by atomic mass is 9.86. The highest BCUT2D eigenvalue weighted by Gasteiger charge is 2.26. The van der Waals surface area contributed by atoms with E-state index in [1.807, 2.05) is 18.2 Å². The summed E-state index contributed by atoms with van der Waals surface area (Å²) in [6.45, 7) is 4.46. The van der Waals surface area contributed by atoms with Crippen LogP contribution >= 0.6 is 0 Å². The van der Waals surface area contributed by atoms with E-state index in [0.717, 1.165) is 18.7 Å². The third-order valence-electron chi connectivity index (χ3n) is 3.79. The van der Waals surface area contributed by atoms with Gasteiger partial charge < -0.3 is 10.0 Å². The number of carbonyl (C=O) groups is 1. The SMILES string of the molecule is CC(c1cccc(C(=O)O)c1)C1CCN(C)C1. The second-order valence-electron chi connectivity index (χ2n) is 5.03. The molecule has 0 amide bonds. The summed E-state index contributed by atoms with van der Waals surface area (Å²) in [5, 5.41) is 8.99. The molecule has 0 spiro atoms. The summed E-state index contributed by atoms with van der Waals surface area (Å²) in [4.78, 5) is 13.3. The summed E-state index contributed by atoms with van der Waals surface area (Å²) in [5.41, 5.74) is 1.53. The quantitative estimate of drug-likeness (QED) is 0.871. The number of rotatable bonds is 3.